The van der Waals surface area contributed by atoms with Gasteiger partial charge in [-0.2, -0.15) is 0 Å². The number of carboxylic acid groups (broad SMARTS) is 1. The van der Waals surface area contributed by atoms with E-state index in [4.69, 9.17) is 14.6 Å². The van der Waals surface area contributed by atoms with Crippen LogP contribution in [0.3, 0.4) is 0 Å². The molecule has 1 N–H and O–H groups in total. The summed E-state index contributed by atoms with van der Waals surface area (Å²) in [6.45, 7) is 3.08. The van der Waals surface area contributed by atoms with Crippen LogP contribution in [0.1, 0.15) is 13.8 Å². The maximum Gasteiger partial charge on any atom is 0.407 e. The lowest BCUT2D eigenvalue weighted by Gasteiger charge is -2.43. The summed E-state index contributed by atoms with van der Waals surface area (Å²) in [7, 11) is 0. The molecular formula is C10H15NO6. The first-order chi connectivity index (χ1) is 7.97. The van der Waals surface area contributed by atoms with Crippen molar-refractivity contribution in [3.05, 3.63) is 0 Å². The largest absolute Gasteiger partial charge is 0.465 e. The average molecular weight is 245 g/mol. The van der Waals surface area contributed by atoms with Crippen LogP contribution >= 0.6 is 0 Å². The second kappa shape index (κ2) is 5.03. The zero-order chi connectivity index (χ0) is 13.1. The summed E-state index contributed by atoms with van der Waals surface area (Å²) in [4.78, 5) is 35.0. The number of rotatable bonds is 4. The van der Waals surface area contributed by atoms with Crippen LogP contribution in [-0.2, 0) is 19.1 Å². The van der Waals surface area contributed by atoms with E-state index in [0.717, 1.165) is 4.90 Å². The number of ether oxygens (including phenoxy) is 2. The normalized spacial score (nSPS) is 16.9. The Balaban J connectivity index is 2.78. The quantitative estimate of drug-likeness (QED) is 0.557. The molecule has 1 aliphatic heterocycles. The van der Waals surface area contributed by atoms with Gasteiger partial charge in [0, 0.05) is 0 Å². The third-order valence-electron chi connectivity index (χ3n) is 2.52. The van der Waals surface area contributed by atoms with E-state index < -0.39 is 23.4 Å². The highest BCUT2D eigenvalue weighted by molar-refractivity contribution is 6.03. The first-order valence-corrected chi connectivity index (χ1v) is 5.30. The van der Waals surface area contributed by atoms with Gasteiger partial charge < -0.3 is 19.5 Å². The van der Waals surface area contributed by atoms with Crippen LogP contribution in [0.5, 0.6) is 0 Å². The molecule has 96 valence electrons. The highest BCUT2D eigenvalue weighted by Gasteiger charge is 2.59. The Morgan fingerprint density at radius 1 is 1.12 bits per heavy atom. The topological polar surface area (TPSA) is 93.1 Å². The Hall–Kier alpha value is -1.79. The lowest BCUT2D eigenvalue weighted by Crippen LogP contribution is -2.66. The van der Waals surface area contributed by atoms with Crippen molar-refractivity contribution in [3.63, 3.8) is 0 Å². The van der Waals surface area contributed by atoms with E-state index in [0.29, 0.717) is 0 Å². The second-order valence-corrected chi connectivity index (χ2v) is 3.66. The number of amides is 1. The Morgan fingerprint density at radius 3 is 1.82 bits per heavy atom. The molecule has 0 bridgehead atoms. The van der Waals surface area contributed by atoms with Crippen LogP contribution in [0.4, 0.5) is 4.79 Å². The maximum atomic E-state index is 11.7. The molecule has 1 heterocycles. The molecule has 1 fully saturated rings. The maximum absolute atomic E-state index is 11.7. The van der Waals surface area contributed by atoms with Crippen molar-refractivity contribution in [2.75, 3.05) is 26.3 Å². The van der Waals surface area contributed by atoms with Crippen LogP contribution in [-0.4, -0.2) is 54.3 Å². The molecule has 7 heteroatoms. The summed E-state index contributed by atoms with van der Waals surface area (Å²) in [6, 6.07) is 0. The van der Waals surface area contributed by atoms with Gasteiger partial charge in [-0.25, -0.2) is 4.79 Å². The molecule has 17 heavy (non-hydrogen) atoms. The lowest BCUT2D eigenvalue weighted by atomic mass is 9.80. The van der Waals surface area contributed by atoms with Gasteiger partial charge in [-0.1, -0.05) is 0 Å². The number of likely N-dealkylation sites (tertiary alicyclic amines) is 1. The fourth-order valence-electron chi connectivity index (χ4n) is 1.62. The van der Waals surface area contributed by atoms with Gasteiger partial charge in [0.1, 0.15) is 0 Å². The number of hydrogen-bond donors (Lipinski definition) is 1. The summed E-state index contributed by atoms with van der Waals surface area (Å²) in [5, 5.41) is 8.71. The van der Waals surface area contributed by atoms with Crippen molar-refractivity contribution in [1.29, 1.82) is 0 Å². The predicted octanol–water partition coefficient (Wildman–Crippen LogP) is 0.0926. The van der Waals surface area contributed by atoms with Gasteiger partial charge in [-0.3, -0.25) is 9.59 Å². The van der Waals surface area contributed by atoms with Crippen LogP contribution in [0.2, 0.25) is 0 Å². The molecule has 0 atom stereocenters. The van der Waals surface area contributed by atoms with Gasteiger partial charge in [0.2, 0.25) is 0 Å². The smallest absolute Gasteiger partial charge is 0.407 e. The summed E-state index contributed by atoms with van der Waals surface area (Å²) >= 11 is 0. The third kappa shape index (κ3) is 2.32. The molecule has 1 aliphatic rings. The molecule has 0 aromatic carbocycles. The van der Waals surface area contributed by atoms with Gasteiger partial charge in [-0.05, 0) is 13.8 Å². The van der Waals surface area contributed by atoms with Crippen LogP contribution in [0.25, 0.3) is 0 Å². The first-order valence-electron chi connectivity index (χ1n) is 5.30. The molecule has 1 rings (SSSR count). The van der Waals surface area contributed by atoms with Gasteiger partial charge in [0.05, 0.1) is 26.3 Å². The Bertz CT molecular complexity index is 314. The van der Waals surface area contributed by atoms with Crippen molar-refractivity contribution in [3.8, 4) is 0 Å². The molecule has 0 aromatic rings. The van der Waals surface area contributed by atoms with Gasteiger partial charge in [0.25, 0.3) is 0 Å². The monoisotopic (exact) mass is 245 g/mol. The minimum Gasteiger partial charge on any atom is -0.465 e. The van der Waals surface area contributed by atoms with Crippen molar-refractivity contribution >= 4 is 18.0 Å². The average Bonchev–Trinajstić information content (AvgIpc) is 2.16. The van der Waals surface area contributed by atoms with E-state index in [1.54, 1.807) is 13.8 Å². The van der Waals surface area contributed by atoms with Crippen LogP contribution in [0, 0.1) is 5.41 Å². The lowest BCUT2D eigenvalue weighted by molar-refractivity contribution is -0.183. The van der Waals surface area contributed by atoms with E-state index >= 15 is 0 Å². The van der Waals surface area contributed by atoms with E-state index in [2.05, 4.69) is 0 Å². The van der Waals surface area contributed by atoms with E-state index in [-0.39, 0.29) is 26.3 Å². The highest BCUT2D eigenvalue weighted by atomic mass is 16.6. The van der Waals surface area contributed by atoms with Crippen molar-refractivity contribution in [2.24, 2.45) is 5.41 Å². The highest BCUT2D eigenvalue weighted by Crippen LogP contribution is 2.33. The number of esters is 2. The molecule has 0 spiro atoms. The number of carbonyl (C=O) groups is 3. The number of nitrogens with zero attached hydrogens (tertiary/aromatic N) is 1. The second-order valence-electron chi connectivity index (χ2n) is 3.66. The molecule has 0 radical (unpaired) electrons. The van der Waals surface area contributed by atoms with E-state index in [9.17, 15) is 14.4 Å². The van der Waals surface area contributed by atoms with Crippen molar-refractivity contribution in [2.45, 2.75) is 13.8 Å². The van der Waals surface area contributed by atoms with Crippen molar-refractivity contribution < 1.29 is 29.0 Å². The van der Waals surface area contributed by atoms with E-state index in [1.165, 1.54) is 0 Å². The summed E-state index contributed by atoms with van der Waals surface area (Å²) in [6.07, 6.45) is -1.17. The minimum absolute atomic E-state index is 0.132. The van der Waals surface area contributed by atoms with Crippen LogP contribution < -0.4 is 0 Å². The number of carbonyl (C=O) groups excluding carboxylic acids is 2. The zero-order valence-electron chi connectivity index (χ0n) is 9.76. The molecule has 0 unspecified atom stereocenters. The summed E-state index contributed by atoms with van der Waals surface area (Å²) < 4.78 is 9.57. The molecule has 1 saturated heterocycles. The third-order valence-corrected chi connectivity index (χ3v) is 2.52. The minimum atomic E-state index is -1.48. The van der Waals surface area contributed by atoms with Gasteiger partial charge >= 0.3 is 18.0 Å². The molecule has 7 nitrogen and oxygen atoms in total. The van der Waals surface area contributed by atoms with E-state index in [1.807, 2.05) is 0 Å². The van der Waals surface area contributed by atoms with Gasteiger partial charge in [-0.15, -0.1) is 0 Å². The molecule has 0 aliphatic carbocycles. The molecule has 1 amide bonds. The SMILES string of the molecule is CCOC(=O)C1(C(=O)OCC)CN(C(=O)O)C1. The fourth-order valence-corrected chi connectivity index (χ4v) is 1.62. The standard InChI is InChI=1S/C10H15NO6/c1-3-16-7(12)10(8(13)17-4-2)5-11(6-10)9(14)15/h3-6H2,1-2H3,(H,14,15). The van der Waals surface area contributed by atoms with Crippen LogP contribution in [0.15, 0.2) is 0 Å². The Morgan fingerprint density at radius 2 is 1.53 bits per heavy atom. The molecular weight excluding hydrogens is 230 g/mol. The summed E-state index contributed by atoms with van der Waals surface area (Å²) in [5.41, 5.74) is -1.48. The fraction of sp³-hybridized carbons (Fsp3) is 0.700. The molecule has 0 aromatic heterocycles. The Kier molecular flexibility index (Phi) is 3.93. The predicted molar refractivity (Wildman–Crippen MR) is 55.3 cm³/mol. The first kappa shape index (κ1) is 13.3. The molecule has 0 saturated carbocycles. The summed E-state index contributed by atoms with van der Waals surface area (Å²) in [5.74, 6) is -1.45. The Labute approximate surface area is 98.3 Å². The van der Waals surface area contributed by atoms with Crippen molar-refractivity contribution in [1.82, 2.24) is 4.90 Å². The zero-order valence-corrected chi connectivity index (χ0v) is 9.76. The number of hydrogen-bond acceptors (Lipinski definition) is 5. The van der Waals surface area contributed by atoms with Gasteiger partial charge in [0.15, 0.2) is 5.41 Å².